The van der Waals surface area contributed by atoms with Crippen LogP contribution in [-0.4, -0.2) is 24.5 Å². The number of carbonyl (C=O) groups is 1. The van der Waals surface area contributed by atoms with E-state index in [1.54, 1.807) is 46.9 Å². The quantitative estimate of drug-likeness (QED) is 0.661. The summed E-state index contributed by atoms with van der Waals surface area (Å²) in [6, 6.07) is 5.42. The van der Waals surface area contributed by atoms with Crippen LogP contribution >= 0.6 is 11.6 Å². The van der Waals surface area contributed by atoms with Gasteiger partial charge in [0.05, 0.1) is 5.71 Å². The number of hydrogen-bond acceptors (Lipinski definition) is 4. The molecule has 0 bridgehead atoms. The standard InChI is InChI=1S/C14H20ClN3O2/c1-9(17-18-13(19)20-14(2,3)4)11-8-10(15)6-7-12(11)16-5/h6-8,16H,1-5H3,(H,18,19)/b17-9+. The van der Waals surface area contributed by atoms with E-state index in [1.165, 1.54) is 0 Å². The summed E-state index contributed by atoms with van der Waals surface area (Å²) in [5.74, 6) is 0. The molecule has 0 radical (unpaired) electrons. The van der Waals surface area contributed by atoms with E-state index in [-0.39, 0.29) is 0 Å². The summed E-state index contributed by atoms with van der Waals surface area (Å²) < 4.78 is 5.11. The fraction of sp³-hybridized carbons (Fsp3) is 0.429. The minimum absolute atomic E-state index is 0.556. The maximum Gasteiger partial charge on any atom is 0.428 e. The summed E-state index contributed by atoms with van der Waals surface area (Å²) in [7, 11) is 1.81. The monoisotopic (exact) mass is 297 g/mol. The highest BCUT2D eigenvalue weighted by Crippen LogP contribution is 2.21. The topological polar surface area (TPSA) is 62.7 Å². The molecular weight excluding hydrogens is 278 g/mol. The van der Waals surface area contributed by atoms with Crippen LogP contribution in [0.2, 0.25) is 5.02 Å². The van der Waals surface area contributed by atoms with Crippen molar-refractivity contribution in [3.05, 3.63) is 28.8 Å². The van der Waals surface area contributed by atoms with Crippen LogP contribution in [0.15, 0.2) is 23.3 Å². The third kappa shape index (κ3) is 5.09. The van der Waals surface area contributed by atoms with Crippen LogP contribution in [0, 0.1) is 0 Å². The summed E-state index contributed by atoms with van der Waals surface area (Å²) in [6.45, 7) is 7.15. The molecule has 5 nitrogen and oxygen atoms in total. The number of anilines is 1. The molecule has 1 amide bonds. The lowest BCUT2D eigenvalue weighted by atomic mass is 10.1. The first-order chi connectivity index (χ1) is 9.23. The number of ether oxygens (including phenoxy) is 1. The van der Waals surface area contributed by atoms with Crippen molar-refractivity contribution in [1.29, 1.82) is 0 Å². The van der Waals surface area contributed by atoms with Gasteiger partial charge in [0, 0.05) is 23.3 Å². The van der Waals surface area contributed by atoms with Gasteiger partial charge in [-0.15, -0.1) is 0 Å². The molecule has 6 heteroatoms. The van der Waals surface area contributed by atoms with Crippen LogP contribution in [-0.2, 0) is 4.74 Å². The molecule has 0 aromatic heterocycles. The lowest BCUT2D eigenvalue weighted by Crippen LogP contribution is -2.30. The average Bonchev–Trinajstić information content (AvgIpc) is 2.33. The van der Waals surface area contributed by atoms with E-state index in [9.17, 15) is 4.79 Å². The second-order valence-corrected chi connectivity index (χ2v) is 5.69. The van der Waals surface area contributed by atoms with Gasteiger partial charge in [-0.3, -0.25) is 0 Å². The van der Waals surface area contributed by atoms with Crippen LogP contribution in [0.25, 0.3) is 0 Å². The molecule has 1 rings (SSSR count). The first-order valence-corrected chi connectivity index (χ1v) is 6.61. The number of rotatable bonds is 3. The van der Waals surface area contributed by atoms with Gasteiger partial charge in [-0.2, -0.15) is 5.10 Å². The third-order valence-electron chi connectivity index (χ3n) is 2.35. The minimum atomic E-state index is -0.593. The van der Waals surface area contributed by atoms with E-state index in [1.807, 2.05) is 6.07 Å². The predicted molar refractivity (Wildman–Crippen MR) is 82.6 cm³/mol. The first-order valence-electron chi connectivity index (χ1n) is 6.24. The fourth-order valence-corrected chi connectivity index (χ4v) is 1.70. The van der Waals surface area contributed by atoms with E-state index in [0.717, 1.165) is 11.3 Å². The van der Waals surface area contributed by atoms with Crippen molar-refractivity contribution in [2.75, 3.05) is 12.4 Å². The number of carbonyl (C=O) groups excluding carboxylic acids is 1. The van der Waals surface area contributed by atoms with Crippen molar-refractivity contribution in [2.24, 2.45) is 5.10 Å². The van der Waals surface area contributed by atoms with Gasteiger partial charge in [-0.1, -0.05) is 11.6 Å². The maximum atomic E-state index is 11.5. The van der Waals surface area contributed by atoms with E-state index in [0.29, 0.717) is 10.7 Å². The van der Waals surface area contributed by atoms with Gasteiger partial charge >= 0.3 is 6.09 Å². The van der Waals surface area contributed by atoms with Crippen molar-refractivity contribution in [2.45, 2.75) is 33.3 Å². The molecule has 2 N–H and O–H groups in total. The van der Waals surface area contributed by atoms with Crippen LogP contribution in [0.5, 0.6) is 0 Å². The molecule has 20 heavy (non-hydrogen) atoms. The maximum absolute atomic E-state index is 11.5. The molecule has 110 valence electrons. The third-order valence-corrected chi connectivity index (χ3v) is 2.59. The zero-order valence-electron chi connectivity index (χ0n) is 12.4. The summed E-state index contributed by atoms with van der Waals surface area (Å²) in [4.78, 5) is 11.5. The molecule has 0 aliphatic rings. The molecule has 0 aliphatic heterocycles. The van der Waals surface area contributed by atoms with Gasteiger partial charge in [0.25, 0.3) is 0 Å². The molecule has 1 aromatic carbocycles. The largest absolute Gasteiger partial charge is 0.443 e. The molecule has 0 spiro atoms. The highest BCUT2D eigenvalue weighted by atomic mass is 35.5. The van der Waals surface area contributed by atoms with Gasteiger partial charge in [0.2, 0.25) is 0 Å². The molecule has 0 unspecified atom stereocenters. The normalized spacial score (nSPS) is 12.0. The van der Waals surface area contributed by atoms with Gasteiger partial charge in [0.1, 0.15) is 5.60 Å². The summed E-state index contributed by atoms with van der Waals surface area (Å²) in [5, 5.41) is 7.67. The van der Waals surface area contributed by atoms with E-state index < -0.39 is 11.7 Å². The highest BCUT2D eigenvalue weighted by molar-refractivity contribution is 6.31. The number of hydrogen-bond donors (Lipinski definition) is 2. The van der Waals surface area contributed by atoms with Crippen molar-refractivity contribution in [1.82, 2.24) is 5.43 Å². The molecule has 1 aromatic rings. The number of nitrogens with one attached hydrogen (secondary N) is 2. The van der Waals surface area contributed by atoms with Crippen LogP contribution in [0.4, 0.5) is 10.5 Å². The van der Waals surface area contributed by atoms with E-state index >= 15 is 0 Å². The summed E-state index contributed by atoms with van der Waals surface area (Å²) in [6.07, 6.45) is -0.593. The Balaban J connectivity index is 2.84. The Morgan fingerprint density at radius 1 is 1.35 bits per heavy atom. The predicted octanol–water partition coefficient (Wildman–Crippen LogP) is 3.63. The Morgan fingerprint density at radius 2 is 2.00 bits per heavy atom. The number of nitrogens with zero attached hydrogens (tertiary/aromatic N) is 1. The Morgan fingerprint density at radius 3 is 2.55 bits per heavy atom. The van der Waals surface area contributed by atoms with Crippen molar-refractivity contribution >= 4 is 29.1 Å². The minimum Gasteiger partial charge on any atom is -0.443 e. The van der Waals surface area contributed by atoms with Crippen LogP contribution in [0.1, 0.15) is 33.3 Å². The van der Waals surface area contributed by atoms with E-state index in [4.69, 9.17) is 16.3 Å². The Bertz CT molecular complexity index is 522. The van der Waals surface area contributed by atoms with Crippen molar-refractivity contribution < 1.29 is 9.53 Å². The second kappa shape index (κ2) is 6.61. The molecular formula is C14H20ClN3O2. The van der Waals surface area contributed by atoms with Gasteiger partial charge in [-0.25, -0.2) is 10.2 Å². The molecule has 0 saturated carbocycles. The SMILES string of the molecule is CNc1ccc(Cl)cc1/C(C)=N/NC(=O)OC(C)(C)C. The Hall–Kier alpha value is -1.75. The molecule has 0 fully saturated rings. The van der Waals surface area contributed by atoms with Gasteiger partial charge < -0.3 is 10.1 Å². The number of hydrazone groups is 1. The summed E-state index contributed by atoms with van der Waals surface area (Å²) >= 11 is 5.97. The number of benzene rings is 1. The second-order valence-electron chi connectivity index (χ2n) is 5.25. The van der Waals surface area contributed by atoms with E-state index in [2.05, 4.69) is 15.8 Å². The first kappa shape index (κ1) is 16.3. The summed E-state index contributed by atoms with van der Waals surface area (Å²) in [5.41, 5.74) is 4.13. The number of amides is 1. The lowest BCUT2D eigenvalue weighted by Gasteiger charge is -2.18. The molecule has 0 atom stereocenters. The number of halogens is 1. The Labute approximate surface area is 124 Å². The molecule has 0 aliphatic carbocycles. The smallest absolute Gasteiger partial charge is 0.428 e. The molecule has 0 heterocycles. The van der Waals surface area contributed by atoms with Gasteiger partial charge in [-0.05, 0) is 45.9 Å². The Kier molecular flexibility index (Phi) is 5.39. The average molecular weight is 298 g/mol. The zero-order chi connectivity index (χ0) is 15.3. The van der Waals surface area contributed by atoms with Crippen LogP contribution in [0.3, 0.4) is 0 Å². The van der Waals surface area contributed by atoms with Crippen molar-refractivity contribution in [3.8, 4) is 0 Å². The van der Waals surface area contributed by atoms with Crippen LogP contribution < -0.4 is 10.7 Å². The fourth-order valence-electron chi connectivity index (χ4n) is 1.52. The molecule has 0 saturated heterocycles. The highest BCUT2D eigenvalue weighted by Gasteiger charge is 2.15. The lowest BCUT2D eigenvalue weighted by molar-refractivity contribution is 0.0529. The van der Waals surface area contributed by atoms with Crippen molar-refractivity contribution in [3.63, 3.8) is 0 Å². The van der Waals surface area contributed by atoms with Gasteiger partial charge in [0.15, 0.2) is 0 Å². The zero-order valence-corrected chi connectivity index (χ0v) is 13.1.